The fraction of sp³-hybridized carbons (Fsp3) is 0.556. The summed E-state index contributed by atoms with van der Waals surface area (Å²) in [6.45, 7) is 2.76. The lowest BCUT2D eigenvalue weighted by Crippen LogP contribution is -2.17. The molecule has 2 heterocycles. The number of unbranched alkanes of at least 4 members (excludes halogenated alkanes) is 1. The molecule has 0 atom stereocenters. The van der Waals surface area contributed by atoms with E-state index in [4.69, 9.17) is 11.6 Å². The fourth-order valence-corrected chi connectivity index (χ4v) is 3.05. The summed E-state index contributed by atoms with van der Waals surface area (Å²) < 4.78 is 5.99. The molecule has 98 valence electrons. The molecule has 9 heteroatoms. The Bertz CT molecular complexity index is 563. The van der Waals surface area contributed by atoms with E-state index < -0.39 is 0 Å². The van der Waals surface area contributed by atoms with Gasteiger partial charge in [0, 0.05) is 23.8 Å². The largest absolute Gasteiger partial charge is 0.343 e. The summed E-state index contributed by atoms with van der Waals surface area (Å²) in [6, 6.07) is 0. The van der Waals surface area contributed by atoms with E-state index in [0.29, 0.717) is 21.8 Å². The molecule has 18 heavy (non-hydrogen) atoms. The van der Waals surface area contributed by atoms with Gasteiger partial charge in [-0.05, 0) is 6.42 Å². The molecule has 0 fully saturated rings. The van der Waals surface area contributed by atoms with Gasteiger partial charge in [-0.15, -0.1) is 10.2 Å². The molecule has 0 aromatic carbocycles. The predicted molar refractivity (Wildman–Crippen MR) is 72.2 cm³/mol. The van der Waals surface area contributed by atoms with E-state index in [1.165, 1.54) is 11.8 Å². The minimum atomic E-state index is -0.173. The first kappa shape index (κ1) is 13.6. The number of hydrogen-bond donors (Lipinski definition) is 1. The maximum absolute atomic E-state index is 11.6. The van der Waals surface area contributed by atoms with E-state index in [2.05, 4.69) is 26.7 Å². The van der Waals surface area contributed by atoms with Crippen molar-refractivity contribution in [3.63, 3.8) is 0 Å². The normalized spacial score (nSPS) is 11.0. The van der Waals surface area contributed by atoms with Crippen molar-refractivity contribution in [1.82, 2.24) is 24.4 Å². The van der Waals surface area contributed by atoms with Gasteiger partial charge in [-0.25, -0.2) is 9.89 Å². The van der Waals surface area contributed by atoms with Gasteiger partial charge >= 0.3 is 5.69 Å². The van der Waals surface area contributed by atoms with Gasteiger partial charge in [0.1, 0.15) is 10.0 Å². The molecule has 0 saturated heterocycles. The van der Waals surface area contributed by atoms with Crippen LogP contribution < -0.4 is 5.69 Å². The molecular weight excluding hydrogens is 294 g/mol. The Balaban J connectivity index is 2.05. The monoisotopic (exact) mass is 305 g/mol. The zero-order valence-electron chi connectivity index (χ0n) is 9.72. The highest BCUT2D eigenvalue weighted by atomic mass is 35.5. The second-order valence-electron chi connectivity index (χ2n) is 3.60. The first-order valence-corrected chi connectivity index (χ1v) is 7.60. The molecule has 1 N–H and O–H groups in total. The standard InChI is InChI=1S/C9H12ClN5OS2/c1-2-3-4-15-8(16)12-13-9(15)17-5-6-7(10)18-14-11-6/h2-5H2,1H3,(H,12,16). The molecule has 6 nitrogen and oxygen atoms in total. The molecule has 0 unspecified atom stereocenters. The quantitative estimate of drug-likeness (QED) is 0.828. The van der Waals surface area contributed by atoms with Crippen LogP contribution in [0.3, 0.4) is 0 Å². The van der Waals surface area contributed by atoms with E-state index in [0.717, 1.165) is 30.1 Å². The highest BCUT2D eigenvalue weighted by Gasteiger charge is 2.11. The Kier molecular flexibility index (Phi) is 4.79. The number of thioether (sulfide) groups is 1. The topological polar surface area (TPSA) is 76.5 Å². The number of H-pyrrole nitrogens is 1. The van der Waals surface area contributed by atoms with Crippen molar-refractivity contribution < 1.29 is 0 Å². The Morgan fingerprint density at radius 1 is 1.56 bits per heavy atom. The third-order valence-electron chi connectivity index (χ3n) is 2.31. The van der Waals surface area contributed by atoms with Crippen LogP contribution in [-0.2, 0) is 12.3 Å². The molecule has 0 bridgehead atoms. The van der Waals surface area contributed by atoms with Gasteiger partial charge < -0.3 is 0 Å². The summed E-state index contributed by atoms with van der Waals surface area (Å²) in [5.41, 5.74) is 0.553. The zero-order chi connectivity index (χ0) is 13.0. The summed E-state index contributed by atoms with van der Waals surface area (Å²) in [4.78, 5) is 11.6. The maximum Gasteiger partial charge on any atom is 0.343 e. The third-order valence-corrected chi connectivity index (χ3v) is 4.28. The van der Waals surface area contributed by atoms with Crippen LogP contribution in [0.25, 0.3) is 0 Å². The number of aromatic amines is 1. The molecule has 2 aromatic heterocycles. The summed E-state index contributed by atoms with van der Waals surface area (Å²) in [5, 5.41) is 11.0. The van der Waals surface area contributed by atoms with Crippen LogP contribution >= 0.6 is 34.9 Å². The zero-order valence-corrected chi connectivity index (χ0v) is 12.1. The summed E-state index contributed by atoms with van der Waals surface area (Å²) >= 11 is 8.51. The second-order valence-corrected chi connectivity index (χ2v) is 5.90. The average molecular weight is 306 g/mol. The van der Waals surface area contributed by atoms with E-state index in [1.807, 2.05) is 0 Å². The van der Waals surface area contributed by atoms with Crippen LogP contribution in [0.5, 0.6) is 0 Å². The number of nitrogens with one attached hydrogen (secondary N) is 1. The molecule has 2 aromatic rings. The number of hydrogen-bond acceptors (Lipinski definition) is 6. The molecule has 0 saturated carbocycles. The predicted octanol–water partition coefficient (Wildman–Crippen LogP) is 2.17. The van der Waals surface area contributed by atoms with E-state index >= 15 is 0 Å². The molecule has 0 radical (unpaired) electrons. The summed E-state index contributed by atoms with van der Waals surface area (Å²) in [6.07, 6.45) is 1.98. The van der Waals surface area contributed by atoms with Crippen LogP contribution in [-0.4, -0.2) is 24.4 Å². The minimum absolute atomic E-state index is 0.173. The Morgan fingerprint density at radius 3 is 3.06 bits per heavy atom. The lowest BCUT2D eigenvalue weighted by Gasteiger charge is -2.03. The van der Waals surface area contributed by atoms with Gasteiger partial charge in [0.25, 0.3) is 0 Å². The van der Waals surface area contributed by atoms with E-state index in [9.17, 15) is 4.79 Å². The number of nitrogens with zero attached hydrogens (tertiary/aromatic N) is 4. The van der Waals surface area contributed by atoms with Crippen LogP contribution in [0, 0.1) is 0 Å². The van der Waals surface area contributed by atoms with Gasteiger partial charge in [-0.3, -0.25) is 4.57 Å². The highest BCUT2D eigenvalue weighted by Crippen LogP contribution is 2.25. The first-order chi connectivity index (χ1) is 8.72. The molecule has 0 aliphatic carbocycles. The first-order valence-electron chi connectivity index (χ1n) is 5.47. The maximum atomic E-state index is 11.6. The van der Waals surface area contributed by atoms with E-state index in [1.54, 1.807) is 4.57 Å². The number of halogens is 1. The SMILES string of the molecule is CCCCn1c(SCc2nnsc2Cl)n[nH]c1=O. The molecule has 2 rings (SSSR count). The highest BCUT2D eigenvalue weighted by molar-refractivity contribution is 7.98. The fourth-order valence-electron chi connectivity index (χ4n) is 1.34. The molecule has 0 spiro atoms. The van der Waals surface area contributed by atoms with Crippen LogP contribution in [0.15, 0.2) is 9.95 Å². The Hall–Kier alpha value is -0.860. The van der Waals surface area contributed by atoms with Gasteiger partial charge in [0.2, 0.25) is 0 Å². The smallest absolute Gasteiger partial charge is 0.270 e. The molecule has 0 aliphatic heterocycles. The van der Waals surface area contributed by atoms with Gasteiger partial charge in [-0.2, -0.15) is 0 Å². The van der Waals surface area contributed by atoms with Crippen molar-refractivity contribution in [2.75, 3.05) is 0 Å². The third kappa shape index (κ3) is 3.12. The van der Waals surface area contributed by atoms with Gasteiger partial charge in [0.15, 0.2) is 5.16 Å². The molecular formula is C9H12ClN5OS2. The summed E-state index contributed by atoms with van der Waals surface area (Å²) in [7, 11) is 0. The average Bonchev–Trinajstić information content (AvgIpc) is 2.91. The van der Waals surface area contributed by atoms with Gasteiger partial charge in [-0.1, -0.05) is 41.2 Å². The number of aromatic nitrogens is 5. The van der Waals surface area contributed by atoms with Crippen LogP contribution in [0.1, 0.15) is 25.5 Å². The van der Waals surface area contributed by atoms with Crippen molar-refractivity contribution in [2.24, 2.45) is 0 Å². The van der Waals surface area contributed by atoms with Gasteiger partial charge in [0.05, 0.1) is 0 Å². The molecule has 0 aliphatic rings. The summed E-state index contributed by atoms with van der Waals surface area (Å²) in [5.74, 6) is 0.561. The van der Waals surface area contributed by atoms with Crippen molar-refractivity contribution in [1.29, 1.82) is 0 Å². The number of rotatable bonds is 6. The van der Waals surface area contributed by atoms with E-state index in [-0.39, 0.29) is 5.69 Å². The molecule has 0 amide bonds. The Morgan fingerprint density at radius 2 is 2.39 bits per heavy atom. The Labute approximate surface area is 117 Å². The van der Waals surface area contributed by atoms with Crippen molar-refractivity contribution in [2.45, 2.75) is 37.2 Å². The van der Waals surface area contributed by atoms with Crippen molar-refractivity contribution >= 4 is 34.9 Å². The lowest BCUT2D eigenvalue weighted by molar-refractivity contribution is 0.573. The second kappa shape index (κ2) is 6.35. The lowest BCUT2D eigenvalue weighted by atomic mass is 10.3. The van der Waals surface area contributed by atoms with Crippen LogP contribution in [0.2, 0.25) is 4.34 Å². The van der Waals surface area contributed by atoms with Crippen molar-refractivity contribution in [3.05, 3.63) is 20.5 Å². The van der Waals surface area contributed by atoms with Crippen LogP contribution in [0.4, 0.5) is 0 Å². The minimum Gasteiger partial charge on any atom is -0.270 e. The van der Waals surface area contributed by atoms with Crippen molar-refractivity contribution in [3.8, 4) is 0 Å².